The molecule has 0 bridgehead atoms. The summed E-state index contributed by atoms with van der Waals surface area (Å²) in [5.41, 5.74) is 0.633. The van der Waals surface area contributed by atoms with Crippen molar-refractivity contribution in [3.05, 3.63) is 28.8 Å². The van der Waals surface area contributed by atoms with E-state index in [4.69, 9.17) is 16.7 Å². The molecule has 1 aliphatic rings. The van der Waals surface area contributed by atoms with Crippen molar-refractivity contribution >= 4 is 21.6 Å². The zero-order chi connectivity index (χ0) is 15.3. The van der Waals surface area contributed by atoms with Crippen LogP contribution in [-0.4, -0.2) is 26.2 Å². The highest BCUT2D eigenvalue weighted by Crippen LogP contribution is 2.25. The second-order valence-corrected chi connectivity index (χ2v) is 7.11. The second-order valence-electron chi connectivity index (χ2n) is 5.02. The minimum Gasteiger partial charge on any atom is -0.395 e. The first-order valence-corrected chi connectivity index (χ1v) is 8.80. The summed E-state index contributed by atoms with van der Waals surface area (Å²) in [6.45, 7) is -0.00148. The van der Waals surface area contributed by atoms with Crippen molar-refractivity contribution in [1.29, 1.82) is 0 Å². The third kappa shape index (κ3) is 4.45. The number of halogens is 1. The summed E-state index contributed by atoms with van der Waals surface area (Å²) in [5, 5.41) is 8.83. The van der Waals surface area contributed by atoms with Crippen molar-refractivity contribution in [2.75, 3.05) is 6.61 Å². The molecule has 21 heavy (non-hydrogen) atoms. The van der Waals surface area contributed by atoms with Crippen LogP contribution in [0.2, 0.25) is 5.02 Å². The van der Waals surface area contributed by atoms with Gasteiger partial charge < -0.3 is 5.11 Å². The zero-order valence-electron chi connectivity index (χ0n) is 11.6. The standard InChI is InChI=1S/C15H18ClNO3S/c16-14-11-12(5-3-4-10-18)8-9-15(14)21(19,20)17-13-6-1-2-7-13/h8-9,11,13,17-18H,1-2,4,6-7,10H2. The number of hydrogen-bond donors (Lipinski definition) is 2. The second kappa shape index (κ2) is 7.28. The van der Waals surface area contributed by atoms with Crippen LogP contribution >= 0.6 is 11.6 Å². The van der Waals surface area contributed by atoms with E-state index in [-0.39, 0.29) is 22.6 Å². The summed E-state index contributed by atoms with van der Waals surface area (Å²) in [5.74, 6) is 5.60. The van der Waals surface area contributed by atoms with Crippen LogP contribution in [0.3, 0.4) is 0 Å². The SMILES string of the molecule is O=S(=O)(NC1CCCC1)c1ccc(C#CCCO)cc1Cl. The first kappa shape index (κ1) is 16.3. The van der Waals surface area contributed by atoms with Gasteiger partial charge in [0.25, 0.3) is 0 Å². The first-order valence-electron chi connectivity index (χ1n) is 6.94. The molecule has 0 unspecified atom stereocenters. The van der Waals surface area contributed by atoms with E-state index in [0.29, 0.717) is 12.0 Å². The lowest BCUT2D eigenvalue weighted by molar-refractivity contribution is 0.305. The number of aliphatic hydroxyl groups is 1. The maximum absolute atomic E-state index is 12.3. The fourth-order valence-corrected chi connectivity index (χ4v) is 4.19. The molecule has 0 radical (unpaired) electrons. The van der Waals surface area contributed by atoms with Gasteiger partial charge in [0.05, 0.1) is 11.6 Å². The Labute approximate surface area is 130 Å². The van der Waals surface area contributed by atoms with E-state index in [2.05, 4.69) is 16.6 Å². The lowest BCUT2D eigenvalue weighted by Gasteiger charge is -2.13. The molecule has 1 fully saturated rings. The number of sulfonamides is 1. The van der Waals surface area contributed by atoms with Crippen LogP contribution in [0.15, 0.2) is 23.1 Å². The van der Waals surface area contributed by atoms with Gasteiger partial charge in [-0.25, -0.2) is 13.1 Å². The topological polar surface area (TPSA) is 66.4 Å². The summed E-state index contributed by atoms with van der Waals surface area (Å²) < 4.78 is 27.3. The largest absolute Gasteiger partial charge is 0.395 e. The van der Waals surface area contributed by atoms with Gasteiger partial charge in [-0.3, -0.25) is 0 Å². The normalized spacial score (nSPS) is 15.7. The fourth-order valence-electron chi connectivity index (χ4n) is 2.34. The van der Waals surface area contributed by atoms with Gasteiger partial charge >= 0.3 is 0 Å². The molecule has 2 rings (SSSR count). The molecule has 1 saturated carbocycles. The van der Waals surface area contributed by atoms with Crippen molar-refractivity contribution in [2.24, 2.45) is 0 Å². The number of aliphatic hydroxyl groups excluding tert-OH is 1. The van der Waals surface area contributed by atoms with Gasteiger partial charge in [0, 0.05) is 18.0 Å². The molecule has 6 heteroatoms. The van der Waals surface area contributed by atoms with E-state index in [1.807, 2.05) is 0 Å². The van der Waals surface area contributed by atoms with Crippen molar-refractivity contribution in [1.82, 2.24) is 4.72 Å². The van der Waals surface area contributed by atoms with E-state index >= 15 is 0 Å². The Morgan fingerprint density at radius 1 is 1.33 bits per heavy atom. The van der Waals surface area contributed by atoms with Crippen molar-refractivity contribution in [3.8, 4) is 11.8 Å². The van der Waals surface area contributed by atoms with Crippen LogP contribution in [0.1, 0.15) is 37.7 Å². The Hall–Kier alpha value is -1.06. The third-order valence-corrected chi connectivity index (χ3v) is 5.37. The van der Waals surface area contributed by atoms with Gasteiger partial charge in [-0.1, -0.05) is 36.3 Å². The van der Waals surface area contributed by atoms with E-state index < -0.39 is 10.0 Å². The molecule has 4 nitrogen and oxygen atoms in total. The van der Waals surface area contributed by atoms with Crippen LogP contribution in [0.25, 0.3) is 0 Å². The molecular weight excluding hydrogens is 310 g/mol. The molecule has 2 N–H and O–H groups in total. The van der Waals surface area contributed by atoms with Gasteiger partial charge in [-0.15, -0.1) is 0 Å². The maximum atomic E-state index is 12.3. The maximum Gasteiger partial charge on any atom is 0.242 e. The molecule has 0 heterocycles. The minimum absolute atomic E-state index is 0.00148. The van der Waals surface area contributed by atoms with Gasteiger partial charge in [-0.2, -0.15) is 0 Å². The minimum atomic E-state index is -3.59. The van der Waals surface area contributed by atoms with Crippen molar-refractivity contribution in [3.63, 3.8) is 0 Å². The fraction of sp³-hybridized carbons (Fsp3) is 0.467. The average molecular weight is 328 g/mol. The summed E-state index contributed by atoms with van der Waals surface area (Å²) in [7, 11) is -3.59. The molecule has 1 aromatic carbocycles. The molecule has 0 saturated heterocycles. The molecular formula is C15H18ClNO3S. The van der Waals surface area contributed by atoms with Crippen LogP contribution in [0, 0.1) is 11.8 Å². The van der Waals surface area contributed by atoms with Crippen LogP contribution in [-0.2, 0) is 10.0 Å². The van der Waals surface area contributed by atoms with Gasteiger partial charge in [0.1, 0.15) is 4.90 Å². The lowest BCUT2D eigenvalue weighted by atomic mass is 10.2. The zero-order valence-corrected chi connectivity index (χ0v) is 13.2. The summed E-state index contributed by atoms with van der Waals surface area (Å²) in [6.07, 6.45) is 4.24. The highest BCUT2D eigenvalue weighted by molar-refractivity contribution is 7.89. The number of benzene rings is 1. The summed E-state index contributed by atoms with van der Waals surface area (Å²) >= 11 is 6.08. The summed E-state index contributed by atoms with van der Waals surface area (Å²) in [6, 6.07) is 4.65. The Morgan fingerprint density at radius 2 is 2.05 bits per heavy atom. The Kier molecular flexibility index (Phi) is 5.65. The smallest absolute Gasteiger partial charge is 0.242 e. The molecule has 0 spiro atoms. The number of hydrogen-bond acceptors (Lipinski definition) is 3. The highest BCUT2D eigenvalue weighted by Gasteiger charge is 2.24. The number of nitrogens with one attached hydrogen (secondary N) is 1. The Bertz CT molecular complexity index is 655. The molecule has 0 aliphatic heterocycles. The third-order valence-electron chi connectivity index (χ3n) is 3.37. The highest BCUT2D eigenvalue weighted by atomic mass is 35.5. The van der Waals surface area contributed by atoms with Crippen LogP contribution in [0.4, 0.5) is 0 Å². The summed E-state index contributed by atoms with van der Waals surface area (Å²) in [4.78, 5) is 0.0868. The Balaban J connectivity index is 2.18. The van der Waals surface area contributed by atoms with Crippen molar-refractivity contribution in [2.45, 2.75) is 43.0 Å². The molecule has 0 atom stereocenters. The quantitative estimate of drug-likeness (QED) is 0.834. The van der Waals surface area contributed by atoms with Gasteiger partial charge in [-0.05, 0) is 31.0 Å². The predicted molar refractivity (Wildman–Crippen MR) is 82.6 cm³/mol. The molecule has 1 aromatic rings. The van der Waals surface area contributed by atoms with Crippen LogP contribution < -0.4 is 4.72 Å². The molecule has 1 aliphatic carbocycles. The Morgan fingerprint density at radius 3 is 2.67 bits per heavy atom. The van der Waals surface area contributed by atoms with Crippen LogP contribution in [0.5, 0.6) is 0 Å². The molecule has 0 aromatic heterocycles. The van der Waals surface area contributed by atoms with Gasteiger partial charge in [0.2, 0.25) is 10.0 Å². The van der Waals surface area contributed by atoms with E-state index in [1.54, 1.807) is 6.07 Å². The monoisotopic (exact) mass is 327 g/mol. The number of rotatable bonds is 4. The average Bonchev–Trinajstić information content (AvgIpc) is 2.91. The van der Waals surface area contributed by atoms with Crippen molar-refractivity contribution < 1.29 is 13.5 Å². The molecule has 0 amide bonds. The van der Waals surface area contributed by atoms with E-state index in [9.17, 15) is 8.42 Å². The molecule has 114 valence electrons. The van der Waals surface area contributed by atoms with E-state index in [1.165, 1.54) is 12.1 Å². The predicted octanol–water partition coefficient (Wildman–Crippen LogP) is 2.29. The lowest BCUT2D eigenvalue weighted by Crippen LogP contribution is -2.32. The first-order chi connectivity index (χ1) is 10.0. The van der Waals surface area contributed by atoms with E-state index in [0.717, 1.165) is 25.7 Å². The van der Waals surface area contributed by atoms with Gasteiger partial charge in [0.15, 0.2) is 0 Å².